The fraction of sp³-hybridized carbons (Fsp3) is 0.667. The Hall–Kier alpha value is -1.76. The lowest BCUT2D eigenvalue weighted by Gasteiger charge is -2.10. The van der Waals surface area contributed by atoms with Crippen molar-refractivity contribution in [2.24, 2.45) is 5.92 Å². The van der Waals surface area contributed by atoms with Gasteiger partial charge in [0.1, 0.15) is 0 Å². The molecule has 2 rings (SSSR count). The van der Waals surface area contributed by atoms with Crippen molar-refractivity contribution in [1.29, 1.82) is 0 Å². The van der Waals surface area contributed by atoms with Crippen LogP contribution in [0.5, 0.6) is 0 Å². The van der Waals surface area contributed by atoms with Crippen molar-refractivity contribution in [3.05, 3.63) is 23.5 Å². The Kier molecular flexibility index (Phi) is 4.26. The first-order chi connectivity index (χ1) is 9.02. The summed E-state index contributed by atoms with van der Waals surface area (Å²) in [6.45, 7) is 7.16. The number of aromatic nitrogens is 4. The molecule has 0 bridgehead atoms. The standard InChI is InChI=1S/C12H19N5O2/c1-8(2)5-11-13-10(16-19-11)6-17(4)7-12-15-14-9(3)18-12/h8H,5-7H2,1-4H3. The topological polar surface area (TPSA) is 81.1 Å². The van der Waals surface area contributed by atoms with E-state index in [1.165, 1.54) is 0 Å². The van der Waals surface area contributed by atoms with Gasteiger partial charge in [0.25, 0.3) is 0 Å². The van der Waals surface area contributed by atoms with E-state index in [1.807, 2.05) is 11.9 Å². The first kappa shape index (κ1) is 13.7. The lowest BCUT2D eigenvalue weighted by Crippen LogP contribution is -2.18. The smallest absolute Gasteiger partial charge is 0.230 e. The lowest BCUT2D eigenvalue weighted by atomic mass is 10.1. The van der Waals surface area contributed by atoms with E-state index in [2.05, 4.69) is 34.2 Å². The molecule has 0 aromatic carbocycles. The van der Waals surface area contributed by atoms with Crippen molar-refractivity contribution in [2.45, 2.75) is 40.3 Å². The minimum Gasteiger partial charge on any atom is -0.424 e. The summed E-state index contributed by atoms with van der Waals surface area (Å²) in [7, 11) is 1.94. The predicted octanol–water partition coefficient (Wildman–Crippen LogP) is 1.59. The second-order valence-electron chi connectivity index (χ2n) is 5.09. The molecule has 0 aliphatic rings. The summed E-state index contributed by atoms with van der Waals surface area (Å²) in [6, 6.07) is 0. The molecule has 0 amide bonds. The van der Waals surface area contributed by atoms with E-state index in [4.69, 9.17) is 8.94 Å². The summed E-state index contributed by atoms with van der Waals surface area (Å²) in [5.41, 5.74) is 0. The molecule has 19 heavy (non-hydrogen) atoms. The van der Waals surface area contributed by atoms with Gasteiger partial charge in [0.2, 0.25) is 17.7 Å². The van der Waals surface area contributed by atoms with Crippen LogP contribution in [0.4, 0.5) is 0 Å². The fourth-order valence-electron chi connectivity index (χ4n) is 1.72. The Morgan fingerprint density at radius 2 is 1.95 bits per heavy atom. The average molecular weight is 265 g/mol. The van der Waals surface area contributed by atoms with Crippen molar-refractivity contribution in [1.82, 2.24) is 25.2 Å². The summed E-state index contributed by atoms with van der Waals surface area (Å²) in [5, 5.41) is 11.7. The SMILES string of the molecule is Cc1nnc(CN(C)Cc2noc(CC(C)C)n2)o1. The first-order valence-electron chi connectivity index (χ1n) is 6.32. The minimum absolute atomic E-state index is 0.507. The molecule has 2 heterocycles. The molecule has 0 fully saturated rings. The molecular weight excluding hydrogens is 246 g/mol. The zero-order valence-corrected chi connectivity index (χ0v) is 11.8. The quantitative estimate of drug-likeness (QED) is 0.784. The highest BCUT2D eigenvalue weighted by Crippen LogP contribution is 2.08. The Bertz CT molecular complexity index is 520. The van der Waals surface area contributed by atoms with Crippen LogP contribution in [0.3, 0.4) is 0 Å². The van der Waals surface area contributed by atoms with E-state index in [1.54, 1.807) is 6.92 Å². The molecule has 2 aromatic heterocycles. The van der Waals surface area contributed by atoms with Gasteiger partial charge in [-0.25, -0.2) is 0 Å². The number of hydrogen-bond donors (Lipinski definition) is 0. The van der Waals surface area contributed by atoms with Crippen LogP contribution in [-0.2, 0) is 19.5 Å². The third-order valence-electron chi connectivity index (χ3n) is 2.48. The molecular formula is C12H19N5O2. The van der Waals surface area contributed by atoms with Gasteiger partial charge in [-0.1, -0.05) is 19.0 Å². The molecule has 0 radical (unpaired) electrons. The van der Waals surface area contributed by atoms with Gasteiger partial charge in [-0.05, 0) is 13.0 Å². The van der Waals surface area contributed by atoms with Gasteiger partial charge in [0.15, 0.2) is 5.82 Å². The summed E-state index contributed by atoms with van der Waals surface area (Å²) in [6.07, 6.45) is 0.805. The summed E-state index contributed by atoms with van der Waals surface area (Å²) < 4.78 is 10.5. The van der Waals surface area contributed by atoms with E-state index in [9.17, 15) is 0 Å². The maximum Gasteiger partial charge on any atom is 0.230 e. The Balaban J connectivity index is 1.88. The van der Waals surface area contributed by atoms with Crippen LogP contribution in [0.25, 0.3) is 0 Å². The lowest BCUT2D eigenvalue weighted by molar-refractivity contribution is 0.267. The molecule has 0 atom stereocenters. The van der Waals surface area contributed by atoms with Crippen molar-refractivity contribution in [3.8, 4) is 0 Å². The molecule has 7 nitrogen and oxygen atoms in total. The summed E-state index contributed by atoms with van der Waals surface area (Å²) in [4.78, 5) is 6.35. The van der Waals surface area contributed by atoms with Crippen LogP contribution in [0.15, 0.2) is 8.94 Å². The van der Waals surface area contributed by atoms with Gasteiger partial charge in [-0.3, -0.25) is 4.90 Å². The molecule has 7 heteroatoms. The largest absolute Gasteiger partial charge is 0.424 e. The highest BCUT2D eigenvalue weighted by molar-refractivity contribution is 4.88. The van der Waals surface area contributed by atoms with Crippen LogP contribution in [0, 0.1) is 12.8 Å². The van der Waals surface area contributed by atoms with Gasteiger partial charge in [0, 0.05) is 13.3 Å². The summed E-state index contributed by atoms with van der Waals surface area (Å²) >= 11 is 0. The monoisotopic (exact) mass is 265 g/mol. The summed E-state index contributed by atoms with van der Waals surface area (Å²) in [5.74, 6) is 3.03. The molecule has 0 N–H and O–H groups in total. The number of nitrogens with zero attached hydrogens (tertiary/aromatic N) is 5. The van der Waals surface area contributed by atoms with E-state index in [0.29, 0.717) is 42.5 Å². The van der Waals surface area contributed by atoms with Gasteiger partial charge < -0.3 is 8.94 Å². The van der Waals surface area contributed by atoms with Crippen LogP contribution in [0.1, 0.15) is 37.3 Å². The number of aryl methyl sites for hydroxylation is 1. The fourth-order valence-corrected chi connectivity index (χ4v) is 1.72. The van der Waals surface area contributed by atoms with E-state index in [0.717, 1.165) is 6.42 Å². The highest BCUT2D eigenvalue weighted by atomic mass is 16.5. The molecule has 0 saturated heterocycles. The number of hydrogen-bond acceptors (Lipinski definition) is 7. The molecule has 2 aromatic rings. The third kappa shape index (κ3) is 4.13. The molecule has 0 spiro atoms. The van der Waals surface area contributed by atoms with Crippen molar-refractivity contribution < 1.29 is 8.94 Å². The zero-order valence-electron chi connectivity index (χ0n) is 11.8. The van der Waals surface area contributed by atoms with E-state index >= 15 is 0 Å². The van der Waals surface area contributed by atoms with E-state index in [-0.39, 0.29) is 0 Å². The zero-order chi connectivity index (χ0) is 13.8. The van der Waals surface area contributed by atoms with Gasteiger partial charge in [-0.2, -0.15) is 4.98 Å². The van der Waals surface area contributed by atoms with Crippen LogP contribution in [0.2, 0.25) is 0 Å². The Labute approximate surface area is 112 Å². The van der Waals surface area contributed by atoms with Gasteiger partial charge in [-0.15, -0.1) is 10.2 Å². The van der Waals surface area contributed by atoms with Crippen LogP contribution in [-0.4, -0.2) is 32.3 Å². The third-order valence-corrected chi connectivity index (χ3v) is 2.48. The predicted molar refractivity (Wildman–Crippen MR) is 67.0 cm³/mol. The minimum atomic E-state index is 0.507. The number of rotatable bonds is 6. The molecule has 0 aliphatic heterocycles. The van der Waals surface area contributed by atoms with Gasteiger partial charge >= 0.3 is 0 Å². The first-order valence-corrected chi connectivity index (χ1v) is 6.32. The molecule has 0 saturated carbocycles. The highest BCUT2D eigenvalue weighted by Gasteiger charge is 2.12. The van der Waals surface area contributed by atoms with Crippen molar-refractivity contribution >= 4 is 0 Å². The molecule has 0 unspecified atom stereocenters. The van der Waals surface area contributed by atoms with Crippen LogP contribution >= 0.6 is 0 Å². The van der Waals surface area contributed by atoms with E-state index < -0.39 is 0 Å². The van der Waals surface area contributed by atoms with Crippen molar-refractivity contribution in [3.63, 3.8) is 0 Å². The normalized spacial score (nSPS) is 11.7. The van der Waals surface area contributed by atoms with Crippen molar-refractivity contribution in [2.75, 3.05) is 7.05 Å². The average Bonchev–Trinajstić information content (AvgIpc) is 2.88. The van der Waals surface area contributed by atoms with Crippen LogP contribution < -0.4 is 0 Å². The second-order valence-corrected chi connectivity index (χ2v) is 5.09. The maximum atomic E-state index is 5.32. The Morgan fingerprint density at radius 3 is 2.58 bits per heavy atom. The second kappa shape index (κ2) is 5.92. The Morgan fingerprint density at radius 1 is 1.16 bits per heavy atom. The molecule has 104 valence electrons. The molecule has 0 aliphatic carbocycles. The maximum absolute atomic E-state index is 5.32. The van der Waals surface area contributed by atoms with Gasteiger partial charge in [0.05, 0.1) is 13.1 Å².